The van der Waals surface area contributed by atoms with Crippen LogP contribution in [0, 0.1) is 5.92 Å². The largest absolute Gasteiger partial charge is 0.359 e. The Kier molecular flexibility index (Phi) is 5.23. The molecule has 0 fully saturated rings. The normalized spacial score (nSPS) is 15.4. The minimum atomic E-state index is -0.302. The minimum absolute atomic E-state index is 0.139. The van der Waals surface area contributed by atoms with Crippen molar-refractivity contribution in [2.24, 2.45) is 5.92 Å². The van der Waals surface area contributed by atoms with Gasteiger partial charge in [-0.2, -0.15) is 0 Å². The molecular formula is C13H20ClNO. The number of ether oxygens (including phenoxy) is 1. The van der Waals surface area contributed by atoms with E-state index in [4.69, 9.17) is 16.3 Å². The third-order valence-electron chi connectivity index (χ3n) is 2.47. The first-order valence-corrected chi connectivity index (χ1v) is 6.15. The third kappa shape index (κ3) is 3.76. The molecule has 0 radical (unpaired) electrons. The number of hydrogen-bond donors (Lipinski definition) is 0. The van der Waals surface area contributed by atoms with Gasteiger partial charge in [-0.25, -0.2) is 0 Å². The molecule has 0 aromatic carbocycles. The fraction of sp³-hybridized carbons (Fsp3) is 0.615. The zero-order valence-corrected chi connectivity index (χ0v) is 11.1. The Bertz CT molecular complexity index is 300. The summed E-state index contributed by atoms with van der Waals surface area (Å²) >= 11 is 6.32. The highest BCUT2D eigenvalue weighted by Crippen LogP contribution is 2.31. The summed E-state index contributed by atoms with van der Waals surface area (Å²) in [5.74, 6) is 0.600. The molecule has 0 aliphatic carbocycles. The van der Waals surface area contributed by atoms with Crippen LogP contribution in [0.2, 0.25) is 0 Å². The number of nitrogens with zero attached hydrogens (tertiary/aromatic N) is 1. The third-order valence-corrected chi connectivity index (χ3v) is 2.85. The van der Waals surface area contributed by atoms with Crippen LogP contribution in [0.5, 0.6) is 0 Å². The Morgan fingerprint density at radius 2 is 1.94 bits per heavy atom. The second-order valence-corrected chi connectivity index (χ2v) is 5.02. The SMILES string of the molecule is CC(C)OC(Cl)C(c1cccnc1)C(C)C. The van der Waals surface area contributed by atoms with Crippen LogP contribution in [-0.2, 0) is 4.74 Å². The topological polar surface area (TPSA) is 22.1 Å². The number of hydrogen-bond acceptors (Lipinski definition) is 2. The maximum Gasteiger partial charge on any atom is 0.138 e. The summed E-state index contributed by atoms with van der Waals surface area (Å²) in [6.45, 7) is 8.29. The molecule has 3 heteroatoms. The van der Waals surface area contributed by atoms with E-state index in [1.54, 1.807) is 6.20 Å². The smallest absolute Gasteiger partial charge is 0.138 e. The molecule has 0 spiro atoms. The standard InChI is InChI=1S/C13H20ClNO/c1-9(2)12(13(14)16-10(3)4)11-6-5-7-15-8-11/h5-10,12-13H,1-4H3. The van der Waals surface area contributed by atoms with E-state index in [2.05, 4.69) is 24.9 Å². The molecule has 2 unspecified atom stereocenters. The van der Waals surface area contributed by atoms with E-state index >= 15 is 0 Å². The van der Waals surface area contributed by atoms with Gasteiger partial charge in [0.05, 0.1) is 6.10 Å². The van der Waals surface area contributed by atoms with Crippen LogP contribution in [0.15, 0.2) is 24.5 Å². The Hall–Kier alpha value is -0.600. The van der Waals surface area contributed by atoms with Crippen molar-refractivity contribution >= 4 is 11.6 Å². The van der Waals surface area contributed by atoms with E-state index in [0.29, 0.717) is 5.92 Å². The molecule has 1 aromatic rings. The van der Waals surface area contributed by atoms with Crippen LogP contribution in [0.4, 0.5) is 0 Å². The molecule has 0 saturated heterocycles. The Morgan fingerprint density at radius 1 is 1.25 bits per heavy atom. The molecule has 0 N–H and O–H groups in total. The van der Waals surface area contributed by atoms with Gasteiger partial charge in [0.1, 0.15) is 5.56 Å². The van der Waals surface area contributed by atoms with Crippen molar-refractivity contribution in [3.05, 3.63) is 30.1 Å². The number of aromatic nitrogens is 1. The predicted octanol–water partition coefficient (Wildman–Crippen LogP) is 3.81. The summed E-state index contributed by atoms with van der Waals surface area (Å²) in [4.78, 5) is 4.14. The van der Waals surface area contributed by atoms with E-state index < -0.39 is 0 Å². The zero-order chi connectivity index (χ0) is 12.1. The number of pyridine rings is 1. The summed E-state index contributed by atoms with van der Waals surface area (Å²) in [7, 11) is 0. The molecule has 0 amide bonds. The highest BCUT2D eigenvalue weighted by atomic mass is 35.5. The molecule has 1 aromatic heterocycles. The number of alkyl halides is 1. The van der Waals surface area contributed by atoms with Gasteiger partial charge in [-0.3, -0.25) is 4.98 Å². The predicted molar refractivity (Wildman–Crippen MR) is 67.7 cm³/mol. The molecule has 2 nitrogen and oxygen atoms in total. The molecule has 0 bridgehead atoms. The second-order valence-electron chi connectivity index (χ2n) is 4.59. The van der Waals surface area contributed by atoms with E-state index in [1.165, 1.54) is 0 Å². The Balaban J connectivity index is 2.83. The molecule has 1 heterocycles. The molecule has 2 atom stereocenters. The fourth-order valence-electron chi connectivity index (χ4n) is 1.76. The average molecular weight is 242 g/mol. The van der Waals surface area contributed by atoms with Gasteiger partial charge in [0, 0.05) is 18.3 Å². The van der Waals surface area contributed by atoms with Gasteiger partial charge in [0.2, 0.25) is 0 Å². The van der Waals surface area contributed by atoms with E-state index in [0.717, 1.165) is 5.56 Å². The average Bonchev–Trinajstić information content (AvgIpc) is 2.17. The Labute approximate surface area is 103 Å². The van der Waals surface area contributed by atoms with Crippen LogP contribution in [0.25, 0.3) is 0 Å². The summed E-state index contributed by atoms with van der Waals surface area (Å²) in [5.41, 5.74) is 0.836. The number of rotatable bonds is 5. The highest BCUT2D eigenvalue weighted by Gasteiger charge is 2.26. The lowest BCUT2D eigenvalue weighted by molar-refractivity contribution is 0.0315. The van der Waals surface area contributed by atoms with Gasteiger partial charge >= 0.3 is 0 Å². The van der Waals surface area contributed by atoms with Crippen molar-refractivity contribution in [2.75, 3.05) is 0 Å². The summed E-state index contributed by atoms with van der Waals surface area (Å²) < 4.78 is 5.67. The first-order chi connectivity index (χ1) is 7.52. The molecular weight excluding hydrogens is 222 g/mol. The lowest BCUT2D eigenvalue weighted by Crippen LogP contribution is -2.24. The molecule has 16 heavy (non-hydrogen) atoms. The monoisotopic (exact) mass is 241 g/mol. The first-order valence-electron chi connectivity index (χ1n) is 5.71. The van der Waals surface area contributed by atoms with Gasteiger partial charge in [0.25, 0.3) is 0 Å². The van der Waals surface area contributed by atoms with Gasteiger partial charge in [0.15, 0.2) is 0 Å². The van der Waals surface area contributed by atoms with Crippen LogP contribution in [0.3, 0.4) is 0 Å². The van der Waals surface area contributed by atoms with Crippen molar-refractivity contribution in [3.63, 3.8) is 0 Å². The van der Waals surface area contributed by atoms with Crippen molar-refractivity contribution in [2.45, 2.75) is 45.3 Å². The van der Waals surface area contributed by atoms with Gasteiger partial charge in [-0.1, -0.05) is 31.5 Å². The van der Waals surface area contributed by atoms with Crippen LogP contribution >= 0.6 is 11.6 Å². The van der Waals surface area contributed by atoms with Gasteiger partial charge in [-0.15, -0.1) is 0 Å². The van der Waals surface area contributed by atoms with Crippen molar-refractivity contribution in [1.29, 1.82) is 0 Å². The zero-order valence-electron chi connectivity index (χ0n) is 10.4. The van der Waals surface area contributed by atoms with E-state index in [9.17, 15) is 0 Å². The van der Waals surface area contributed by atoms with Gasteiger partial charge in [-0.05, 0) is 31.4 Å². The van der Waals surface area contributed by atoms with Crippen LogP contribution in [-0.4, -0.2) is 16.7 Å². The van der Waals surface area contributed by atoms with E-state index in [-0.39, 0.29) is 17.6 Å². The van der Waals surface area contributed by atoms with Crippen molar-refractivity contribution in [1.82, 2.24) is 4.98 Å². The second kappa shape index (κ2) is 6.21. The fourth-order valence-corrected chi connectivity index (χ4v) is 2.40. The van der Waals surface area contributed by atoms with Crippen molar-refractivity contribution in [3.8, 4) is 0 Å². The highest BCUT2D eigenvalue weighted by molar-refractivity contribution is 6.20. The minimum Gasteiger partial charge on any atom is -0.359 e. The van der Waals surface area contributed by atoms with Crippen LogP contribution in [0.1, 0.15) is 39.2 Å². The summed E-state index contributed by atoms with van der Waals surface area (Å²) in [6, 6.07) is 3.99. The lowest BCUT2D eigenvalue weighted by Gasteiger charge is -2.27. The Morgan fingerprint density at radius 3 is 2.38 bits per heavy atom. The number of halogens is 1. The first kappa shape index (κ1) is 13.5. The molecule has 1 rings (SSSR count). The van der Waals surface area contributed by atoms with Crippen molar-refractivity contribution < 1.29 is 4.74 Å². The lowest BCUT2D eigenvalue weighted by atomic mass is 9.90. The maximum atomic E-state index is 6.32. The van der Waals surface area contributed by atoms with Crippen LogP contribution < -0.4 is 0 Å². The molecule has 0 aliphatic heterocycles. The molecule has 90 valence electrons. The quantitative estimate of drug-likeness (QED) is 0.732. The van der Waals surface area contributed by atoms with Gasteiger partial charge < -0.3 is 4.74 Å². The maximum absolute atomic E-state index is 6.32. The molecule has 0 aliphatic rings. The summed E-state index contributed by atoms with van der Waals surface area (Å²) in [6.07, 6.45) is 3.78. The van der Waals surface area contributed by atoms with E-state index in [1.807, 2.05) is 26.1 Å². The summed E-state index contributed by atoms with van der Waals surface area (Å²) in [5, 5.41) is 0. The molecule has 0 saturated carbocycles.